The van der Waals surface area contributed by atoms with Crippen molar-refractivity contribution < 1.29 is 12.8 Å². The third kappa shape index (κ3) is 3.02. The number of sulfonamides is 1. The van der Waals surface area contributed by atoms with E-state index in [0.29, 0.717) is 12.0 Å². The van der Waals surface area contributed by atoms with Gasteiger partial charge in [0.2, 0.25) is 10.0 Å². The molecule has 0 amide bonds. The molecule has 0 aromatic heterocycles. The molecule has 1 atom stereocenters. The predicted octanol–water partition coefficient (Wildman–Crippen LogP) is 2.21. The molecule has 0 spiro atoms. The zero-order valence-electron chi connectivity index (χ0n) is 9.62. The maximum absolute atomic E-state index is 13.0. The molecule has 0 aliphatic carbocycles. The molecule has 0 heterocycles. The monoisotopic (exact) mass is 245 g/mol. The van der Waals surface area contributed by atoms with Crippen molar-refractivity contribution in [2.24, 2.45) is 0 Å². The summed E-state index contributed by atoms with van der Waals surface area (Å²) >= 11 is 0. The van der Waals surface area contributed by atoms with Crippen LogP contribution in [0.1, 0.15) is 25.8 Å². The van der Waals surface area contributed by atoms with Crippen LogP contribution in [0.25, 0.3) is 0 Å². The molecular formula is C11H16FNO2S. The average Bonchev–Trinajstić information content (AvgIpc) is 2.21. The normalized spacial score (nSPS) is 13.8. The lowest BCUT2D eigenvalue weighted by molar-refractivity contribution is 0.555. The topological polar surface area (TPSA) is 46.2 Å². The standard InChI is InChI=1S/C11H16FNO2S/c1-4-9(3)13-16(14,15)10-5-6-11(12)8(2)7-10/h5-7,9,13H,4H2,1-3H3/t9-/m0/s1. The molecule has 0 fully saturated rings. The Morgan fingerprint density at radius 2 is 2.06 bits per heavy atom. The van der Waals surface area contributed by atoms with Crippen LogP contribution in [0.5, 0.6) is 0 Å². The molecule has 0 aliphatic rings. The molecular weight excluding hydrogens is 229 g/mol. The van der Waals surface area contributed by atoms with Crippen LogP contribution < -0.4 is 4.72 Å². The number of rotatable bonds is 4. The van der Waals surface area contributed by atoms with Crippen LogP contribution in [0.2, 0.25) is 0 Å². The number of benzene rings is 1. The fourth-order valence-electron chi connectivity index (χ4n) is 1.20. The van der Waals surface area contributed by atoms with Gasteiger partial charge in [-0.3, -0.25) is 0 Å². The lowest BCUT2D eigenvalue weighted by Crippen LogP contribution is -2.32. The molecule has 0 unspecified atom stereocenters. The Morgan fingerprint density at radius 1 is 1.44 bits per heavy atom. The summed E-state index contributed by atoms with van der Waals surface area (Å²) in [7, 11) is -3.53. The minimum absolute atomic E-state index is 0.103. The first kappa shape index (κ1) is 13.1. The van der Waals surface area contributed by atoms with Gasteiger partial charge in [0.15, 0.2) is 0 Å². The minimum Gasteiger partial charge on any atom is -0.208 e. The van der Waals surface area contributed by atoms with Crippen LogP contribution in [0.15, 0.2) is 23.1 Å². The first-order valence-corrected chi connectivity index (χ1v) is 6.63. The molecule has 1 aromatic rings. The molecule has 0 saturated carbocycles. The second-order valence-electron chi connectivity index (χ2n) is 3.84. The van der Waals surface area contributed by atoms with Crippen molar-refractivity contribution in [3.05, 3.63) is 29.6 Å². The van der Waals surface area contributed by atoms with E-state index in [4.69, 9.17) is 0 Å². The van der Waals surface area contributed by atoms with Gasteiger partial charge in [-0.2, -0.15) is 0 Å². The number of hydrogen-bond acceptors (Lipinski definition) is 2. The van der Waals surface area contributed by atoms with Crippen LogP contribution >= 0.6 is 0 Å². The molecule has 1 aromatic carbocycles. The predicted molar refractivity (Wildman–Crippen MR) is 61.2 cm³/mol. The minimum atomic E-state index is -3.53. The van der Waals surface area contributed by atoms with E-state index < -0.39 is 15.8 Å². The summed E-state index contributed by atoms with van der Waals surface area (Å²) < 4.78 is 39.2. The largest absolute Gasteiger partial charge is 0.240 e. The van der Waals surface area contributed by atoms with E-state index in [1.807, 2.05) is 6.92 Å². The summed E-state index contributed by atoms with van der Waals surface area (Å²) in [4.78, 5) is 0.103. The maximum atomic E-state index is 13.0. The summed E-state index contributed by atoms with van der Waals surface area (Å²) in [5, 5.41) is 0. The second-order valence-corrected chi connectivity index (χ2v) is 5.56. The lowest BCUT2D eigenvalue weighted by Gasteiger charge is -2.12. The van der Waals surface area contributed by atoms with Crippen molar-refractivity contribution in [1.29, 1.82) is 0 Å². The van der Waals surface area contributed by atoms with Crippen LogP contribution in [0, 0.1) is 12.7 Å². The Kier molecular flexibility index (Phi) is 4.04. The number of aryl methyl sites for hydroxylation is 1. The highest BCUT2D eigenvalue weighted by molar-refractivity contribution is 7.89. The van der Waals surface area contributed by atoms with Crippen LogP contribution in [-0.4, -0.2) is 14.5 Å². The molecule has 5 heteroatoms. The molecule has 0 bridgehead atoms. The Balaban J connectivity index is 3.03. The van der Waals surface area contributed by atoms with Gasteiger partial charge in [0.05, 0.1) is 4.90 Å². The highest BCUT2D eigenvalue weighted by atomic mass is 32.2. The van der Waals surface area contributed by atoms with Gasteiger partial charge in [-0.25, -0.2) is 17.5 Å². The average molecular weight is 245 g/mol. The molecule has 3 nitrogen and oxygen atoms in total. The fourth-order valence-corrected chi connectivity index (χ4v) is 2.61. The third-order valence-corrected chi connectivity index (χ3v) is 4.00. The highest BCUT2D eigenvalue weighted by Crippen LogP contribution is 2.14. The molecule has 16 heavy (non-hydrogen) atoms. The third-order valence-electron chi connectivity index (χ3n) is 2.41. The quantitative estimate of drug-likeness (QED) is 0.884. The van der Waals surface area contributed by atoms with Gasteiger partial charge in [0, 0.05) is 6.04 Å². The first-order chi connectivity index (χ1) is 7.36. The molecule has 0 aliphatic heterocycles. The van der Waals surface area contributed by atoms with Crippen molar-refractivity contribution in [2.75, 3.05) is 0 Å². The molecule has 1 rings (SSSR count). The maximum Gasteiger partial charge on any atom is 0.240 e. The van der Waals surface area contributed by atoms with Crippen LogP contribution in [-0.2, 0) is 10.0 Å². The smallest absolute Gasteiger partial charge is 0.208 e. The van der Waals surface area contributed by atoms with Crippen molar-refractivity contribution in [3.8, 4) is 0 Å². The van der Waals surface area contributed by atoms with E-state index in [-0.39, 0.29) is 10.9 Å². The van der Waals surface area contributed by atoms with Gasteiger partial charge < -0.3 is 0 Å². The van der Waals surface area contributed by atoms with Gasteiger partial charge in [-0.1, -0.05) is 6.92 Å². The van der Waals surface area contributed by atoms with Gasteiger partial charge in [-0.05, 0) is 44.0 Å². The van der Waals surface area contributed by atoms with Gasteiger partial charge in [0.1, 0.15) is 5.82 Å². The van der Waals surface area contributed by atoms with E-state index in [0.717, 1.165) is 0 Å². The van der Waals surface area contributed by atoms with Crippen molar-refractivity contribution >= 4 is 10.0 Å². The lowest BCUT2D eigenvalue weighted by atomic mass is 10.2. The first-order valence-electron chi connectivity index (χ1n) is 5.15. The summed E-state index contributed by atoms with van der Waals surface area (Å²) in [5.41, 5.74) is 0.326. The van der Waals surface area contributed by atoms with E-state index in [1.54, 1.807) is 6.92 Å². The van der Waals surface area contributed by atoms with Gasteiger partial charge in [-0.15, -0.1) is 0 Å². The van der Waals surface area contributed by atoms with E-state index in [1.165, 1.54) is 25.1 Å². The SMILES string of the molecule is CC[C@H](C)NS(=O)(=O)c1ccc(F)c(C)c1. The summed E-state index contributed by atoms with van der Waals surface area (Å²) in [5.74, 6) is -0.400. The second kappa shape index (κ2) is 4.93. The highest BCUT2D eigenvalue weighted by Gasteiger charge is 2.17. The Labute approximate surface area is 95.7 Å². The Morgan fingerprint density at radius 3 is 2.56 bits per heavy atom. The van der Waals surface area contributed by atoms with Crippen LogP contribution in [0.3, 0.4) is 0 Å². The zero-order valence-corrected chi connectivity index (χ0v) is 10.4. The summed E-state index contributed by atoms with van der Waals surface area (Å²) in [6.45, 7) is 5.22. The number of nitrogens with one attached hydrogen (secondary N) is 1. The number of halogens is 1. The summed E-state index contributed by atoms with van der Waals surface area (Å²) in [6, 6.07) is 3.64. The summed E-state index contributed by atoms with van der Waals surface area (Å²) in [6.07, 6.45) is 0.708. The molecule has 90 valence electrons. The van der Waals surface area contributed by atoms with E-state index in [2.05, 4.69) is 4.72 Å². The molecule has 1 N–H and O–H groups in total. The number of hydrogen-bond donors (Lipinski definition) is 1. The van der Waals surface area contributed by atoms with Crippen molar-refractivity contribution in [2.45, 2.75) is 38.1 Å². The zero-order chi connectivity index (χ0) is 12.3. The van der Waals surface area contributed by atoms with Crippen LogP contribution in [0.4, 0.5) is 4.39 Å². The van der Waals surface area contributed by atoms with Gasteiger partial charge >= 0.3 is 0 Å². The van der Waals surface area contributed by atoms with E-state index in [9.17, 15) is 12.8 Å². The van der Waals surface area contributed by atoms with Gasteiger partial charge in [0.25, 0.3) is 0 Å². The molecule has 0 saturated heterocycles. The Hall–Kier alpha value is -0.940. The van der Waals surface area contributed by atoms with Crippen molar-refractivity contribution in [1.82, 2.24) is 4.72 Å². The van der Waals surface area contributed by atoms with Crippen molar-refractivity contribution in [3.63, 3.8) is 0 Å². The fraction of sp³-hybridized carbons (Fsp3) is 0.455. The van der Waals surface area contributed by atoms with E-state index >= 15 is 0 Å². The molecule has 0 radical (unpaired) electrons. The Bertz CT molecular complexity index is 471.